The first kappa shape index (κ1) is 41.9. The number of alkyl halides is 3. The molecule has 7 rings (SSSR count). The number of para-hydroxylation sites is 1. The second-order valence-corrected chi connectivity index (χ2v) is 15.7. The molecule has 3 heterocycles. The maximum Gasteiger partial charge on any atom is 2.00 e. The summed E-state index contributed by atoms with van der Waals surface area (Å²) < 4.78 is 52.0. The van der Waals surface area contributed by atoms with Crippen LogP contribution in [0.15, 0.2) is 85.1 Å². The molecule has 0 aliphatic heterocycles. The molecule has 0 fully saturated rings. The van der Waals surface area contributed by atoms with Crippen LogP contribution in [0.1, 0.15) is 108 Å². The van der Waals surface area contributed by atoms with Gasteiger partial charge in [0.15, 0.2) is 0 Å². The van der Waals surface area contributed by atoms with Crippen LogP contribution in [-0.2, 0) is 51.9 Å². The molecule has 4 aromatic carbocycles. The molecule has 0 aliphatic rings. The Morgan fingerprint density at radius 1 is 0.789 bits per heavy atom. The fourth-order valence-electron chi connectivity index (χ4n) is 7.49. The third kappa shape index (κ3) is 8.34. The van der Waals surface area contributed by atoms with Crippen LogP contribution in [0.5, 0.6) is 11.5 Å². The summed E-state index contributed by atoms with van der Waals surface area (Å²) in [4.78, 5) is 4.37. The van der Waals surface area contributed by atoms with Crippen molar-refractivity contribution >= 4 is 21.8 Å². The van der Waals surface area contributed by atoms with Crippen molar-refractivity contribution in [2.75, 3.05) is 0 Å². The number of hydrogen-bond donors (Lipinski definition) is 0. The molecule has 298 valence electrons. The smallest absolute Gasteiger partial charge is 0.509 e. The van der Waals surface area contributed by atoms with Gasteiger partial charge in [0.1, 0.15) is 5.82 Å². The van der Waals surface area contributed by atoms with Crippen molar-refractivity contribution in [3.8, 4) is 34.1 Å². The standard InChI is InChI=1S/C48H49F3N4O.Pt/c1-9-15-41-45(33-23-31(11-3)22-32(12-4)24-33)46(30(5)10-2)55(53-41)36-25-35(47(6,7)8)26-38(28-36)56-37-18-19-40-39-16-13-14-17-42(39)54(43(40)29-37)44-27-34(20-21-52-44)48(49,50)51;/h13-14,16-27,30H,9-12,15H2,1-8H3;/q-2;+2. The molecule has 0 spiro atoms. The number of rotatable bonds is 11. The van der Waals surface area contributed by atoms with Gasteiger partial charge in [0.05, 0.1) is 17.0 Å². The molecule has 9 heteroatoms. The predicted molar refractivity (Wildman–Crippen MR) is 220 cm³/mol. The van der Waals surface area contributed by atoms with Crippen LogP contribution in [0.25, 0.3) is 44.4 Å². The summed E-state index contributed by atoms with van der Waals surface area (Å²) in [5.74, 6) is 1.25. The zero-order valence-corrected chi connectivity index (χ0v) is 36.1. The van der Waals surface area contributed by atoms with E-state index in [-0.39, 0.29) is 38.2 Å². The van der Waals surface area contributed by atoms with Crippen molar-refractivity contribution in [2.24, 2.45) is 0 Å². The third-order valence-electron chi connectivity index (χ3n) is 10.7. The Hall–Kier alpha value is -4.68. The predicted octanol–water partition coefficient (Wildman–Crippen LogP) is 13.3. The van der Waals surface area contributed by atoms with Crippen LogP contribution in [-0.4, -0.2) is 19.3 Å². The number of ether oxygens (including phenoxy) is 1. The van der Waals surface area contributed by atoms with E-state index >= 15 is 0 Å². The molecular formula is C48H49F3N4OPt. The molecule has 5 nitrogen and oxygen atoms in total. The first-order chi connectivity index (χ1) is 26.7. The SMILES string of the molecule is CCCc1nn(-c2[c-]c(Oc3[c-]c4c(cc3)c3ccccc3n4-c3cc(C(F)(F)F)ccn3)cc(C(C)(C)C)c2)c(C(C)CC)c1-c1cc(CC)cc(CC)c1.[Pt+2]. The molecule has 0 radical (unpaired) electrons. The summed E-state index contributed by atoms with van der Waals surface area (Å²) in [5.41, 5.74) is 9.40. The van der Waals surface area contributed by atoms with E-state index in [1.165, 1.54) is 28.5 Å². The zero-order valence-electron chi connectivity index (χ0n) is 33.8. The average Bonchev–Trinajstić information content (AvgIpc) is 3.72. The summed E-state index contributed by atoms with van der Waals surface area (Å²) in [5, 5.41) is 7.06. The zero-order chi connectivity index (χ0) is 39.9. The number of halogens is 3. The van der Waals surface area contributed by atoms with Crippen molar-refractivity contribution in [3.63, 3.8) is 0 Å². The van der Waals surface area contributed by atoms with Crippen LogP contribution < -0.4 is 4.74 Å². The van der Waals surface area contributed by atoms with Gasteiger partial charge in [0, 0.05) is 28.8 Å². The van der Waals surface area contributed by atoms with Crippen LogP contribution in [0.2, 0.25) is 0 Å². The molecule has 3 aromatic heterocycles. The Balaban J connectivity index is 0.00000549. The summed E-state index contributed by atoms with van der Waals surface area (Å²) in [6.07, 6.45) is 1.33. The number of pyridine rings is 1. The van der Waals surface area contributed by atoms with Gasteiger partial charge in [-0.1, -0.05) is 104 Å². The molecule has 1 atom stereocenters. The first-order valence-corrected chi connectivity index (χ1v) is 19.7. The van der Waals surface area contributed by atoms with Crippen molar-refractivity contribution in [2.45, 2.75) is 105 Å². The fourth-order valence-corrected chi connectivity index (χ4v) is 7.49. The minimum atomic E-state index is -4.51. The quantitative estimate of drug-likeness (QED) is 0.121. The van der Waals surface area contributed by atoms with Gasteiger partial charge in [0.2, 0.25) is 0 Å². The summed E-state index contributed by atoms with van der Waals surface area (Å²) in [7, 11) is 0. The van der Waals surface area contributed by atoms with Gasteiger partial charge in [-0.15, -0.1) is 41.3 Å². The minimum absolute atomic E-state index is 0. The first-order valence-electron chi connectivity index (χ1n) is 19.7. The van der Waals surface area contributed by atoms with E-state index in [1.807, 2.05) is 42.5 Å². The molecule has 7 aromatic rings. The van der Waals surface area contributed by atoms with E-state index < -0.39 is 11.7 Å². The Morgan fingerprint density at radius 3 is 2.16 bits per heavy atom. The summed E-state index contributed by atoms with van der Waals surface area (Å²) >= 11 is 0. The Morgan fingerprint density at radius 2 is 1.51 bits per heavy atom. The van der Waals surface area contributed by atoms with Gasteiger partial charge in [0.25, 0.3) is 0 Å². The molecule has 57 heavy (non-hydrogen) atoms. The second kappa shape index (κ2) is 16.7. The number of aryl methyl sites for hydroxylation is 3. The Bertz CT molecular complexity index is 2520. The Kier molecular flexibility index (Phi) is 12.3. The van der Waals surface area contributed by atoms with E-state index in [0.29, 0.717) is 17.0 Å². The van der Waals surface area contributed by atoms with Crippen LogP contribution >= 0.6 is 0 Å². The average molecular weight is 950 g/mol. The summed E-state index contributed by atoms with van der Waals surface area (Å²) in [6.45, 7) is 17.6. The van der Waals surface area contributed by atoms with E-state index in [2.05, 4.69) is 101 Å². The molecule has 0 N–H and O–H groups in total. The van der Waals surface area contributed by atoms with Gasteiger partial charge in [-0.05, 0) is 83.0 Å². The normalized spacial score (nSPS) is 12.6. The van der Waals surface area contributed by atoms with E-state index in [4.69, 9.17) is 9.84 Å². The maximum atomic E-state index is 13.8. The molecule has 0 saturated carbocycles. The van der Waals surface area contributed by atoms with Crippen molar-refractivity contribution in [1.29, 1.82) is 0 Å². The van der Waals surface area contributed by atoms with Gasteiger partial charge >= 0.3 is 27.2 Å². The number of aromatic nitrogens is 4. The van der Waals surface area contributed by atoms with Crippen LogP contribution in [0.3, 0.4) is 0 Å². The summed E-state index contributed by atoms with van der Waals surface area (Å²) in [6, 6.07) is 31.5. The second-order valence-electron chi connectivity index (χ2n) is 15.7. The Labute approximate surface area is 348 Å². The van der Waals surface area contributed by atoms with Crippen LogP contribution in [0.4, 0.5) is 13.2 Å². The van der Waals surface area contributed by atoms with E-state index in [0.717, 1.165) is 83.2 Å². The third-order valence-corrected chi connectivity index (χ3v) is 10.7. The van der Waals surface area contributed by atoms with Gasteiger partial charge in [-0.3, -0.25) is 4.68 Å². The topological polar surface area (TPSA) is 44.9 Å². The number of fused-ring (bicyclic) bond motifs is 3. The number of nitrogens with zero attached hydrogens (tertiary/aromatic N) is 4. The number of benzene rings is 4. The molecule has 0 amide bonds. The largest absolute Gasteiger partial charge is 2.00 e. The van der Waals surface area contributed by atoms with Crippen molar-refractivity contribution in [3.05, 3.63) is 131 Å². The molecule has 1 unspecified atom stereocenters. The van der Waals surface area contributed by atoms with E-state index in [9.17, 15) is 13.2 Å². The van der Waals surface area contributed by atoms with Gasteiger partial charge < -0.3 is 9.30 Å². The minimum Gasteiger partial charge on any atom is -0.509 e. The molecule has 0 saturated heterocycles. The number of hydrogen-bond acceptors (Lipinski definition) is 3. The van der Waals surface area contributed by atoms with Gasteiger partial charge in [-0.2, -0.15) is 24.3 Å². The van der Waals surface area contributed by atoms with Crippen LogP contribution in [0, 0.1) is 12.1 Å². The maximum absolute atomic E-state index is 13.8. The van der Waals surface area contributed by atoms with Crippen molar-refractivity contribution < 1.29 is 39.0 Å². The van der Waals surface area contributed by atoms with Crippen molar-refractivity contribution in [1.82, 2.24) is 19.3 Å². The molecule has 0 bridgehead atoms. The molecular weight excluding hydrogens is 901 g/mol. The fraction of sp³-hybridized carbons (Fsp3) is 0.333. The molecule has 0 aliphatic carbocycles. The van der Waals surface area contributed by atoms with E-state index in [1.54, 1.807) is 4.57 Å². The van der Waals surface area contributed by atoms with Gasteiger partial charge in [-0.25, -0.2) is 4.98 Å². The monoisotopic (exact) mass is 949 g/mol.